The van der Waals surface area contributed by atoms with Crippen molar-refractivity contribution in [1.82, 2.24) is 4.90 Å². The number of halogens is 3. The number of alkyl halides is 3. The van der Waals surface area contributed by atoms with Gasteiger partial charge in [0.15, 0.2) is 5.60 Å². The largest absolute Gasteiger partial charge is 0.481 e. The zero-order valence-electron chi connectivity index (χ0n) is 8.12. The molecule has 1 heterocycles. The monoisotopic (exact) mass is 241 g/mol. The Labute approximate surface area is 88.5 Å². The number of nitrogens with zero attached hydrogens (tertiary/aromatic N) is 1. The van der Waals surface area contributed by atoms with Crippen molar-refractivity contribution in [3.05, 3.63) is 0 Å². The van der Waals surface area contributed by atoms with Gasteiger partial charge in [-0.15, -0.1) is 0 Å². The Morgan fingerprint density at radius 2 is 1.75 bits per heavy atom. The molecule has 8 heteroatoms. The van der Waals surface area contributed by atoms with Crippen LogP contribution in [0.4, 0.5) is 13.2 Å². The number of likely N-dealkylation sites (tertiary alicyclic amines) is 1. The van der Waals surface area contributed by atoms with Gasteiger partial charge in [0.05, 0.1) is 19.5 Å². The number of hydrogen-bond donors (Lipinski definition) is 2. The van der Waals surface area contributed by atoms with Gasteiger partial charge in [0.1, 0.15) is 0 Å². The second-order valence-electron chi connectivity index (χ2n) is 3.67. The quantitative estimate of drug-likeness (QED) is 0.728. The molecule has 0 unspecified atom stereocenters. The molecular formula is C8H10F3NO4. The van der Waals surface area contributed by atoms with Gasteiger partial charge >= 0.3 is 12.1 Å². The van der Waals surface area contributed by atoms with Crippen LogP contribution in [-0.4, -0.2) is 51.9 Å². The van der Waals surface area contributed by atoms with Crippen LogP contribution in [0.1, 0.15) is 12.8 Å². The van der Waals surface area contributed by atoms with Crippen LogP contribution < -0.4 is 0 Å². The molecule has 0 aliphatic carbocycles. The van der Waals surface area contributed by atoms with Crippen molar-refractivity contribution in [2.75, 3.05) is 13.1 Å². The number of carboxylic acid groups (broad SMARTS) is 1. The Bertz CT molecular complexity index is 309. The maximum atomic E-state index is 12.2. The van der Waals surface area contributed by atoms with E-state index in [1.165, 1.54) is 0 Å². The number of hydrogen-bond acceptors (Lipinski definition) is 3. The molecule has 1 aliphatic rings. The fourth-order valence-corrected chi connectivity index (χ4v) is 1.31. The summed E-state index contributed by atoms with van der Waals surface area (Å²) in [7, 11) is 0. The van der Waals surface area contributed by atoms with Crippen LogP contribution in [0.3, 0.4) is 0 Å². The summed E-state index contributed by atoms with van der Waals surface area (Å²) in [5.74, 6) is -1.89. The molecule has 0 aromatic rings. The Kier molecular flexibility index (Phi) is 3.13. The average molecular weight is 241 g/mol. The lowest BCUT2D eigenvalue weighted by atomic mass is 9.93. The van der Waals surface area contributed by atoms with E-state index in [2.05, 4.69) is 0 Å². The third-order valence-corrected chi connectivity index (χ3v) is 2.34. The summed E-state index contributed by atoms with van der Waals surface area (Å²) >= 11 is 0. The molecule has 2 N–H and O–H groups in total. The average Bonchev–Trinajstić information content (AvgIpc) is 2.06. The number of β-amino-alcohol motifs (C(OH)–C–C–N with tert-alkyl or cyclic N) is 1. The van der Waals surface area contributed by atoms with Crippen molar-refractivity contribution in [2.45, 2.75) is 24.6 Å². The molecule has 1 rings (SSSR count). The molecule has 0 radical (unpaired) electrons. The number of carbonyl (C=O) groups is 2. The Morgan fingerprint density at radius 3 is 2.12 bits per heavy atom. The summed E-state index contributed by atoms with van der Waals surface area (Å²) in [6.07, 6.45) is -5.56. The number of carboxylic acids is 1. The van der Waals surface area contributed by atoms with Crippen molar-refractivity contribution in [3.8, 4) is 0 Å². The molecule has 0 spiro atoms. The van der Waals surface area contributed by atoms with E-state index >= 15 is 0 Å². The summed E-state index contributed by atoms with van der Waals surface area (Å²) < 4.78 is 36.5. The predicted molar refractivity (Wildman–Crippen MR) is 44.5 cm³/mol. The second kappa shape index (κ2) is 3.93. The molecular weight excluding hydrogens is 231 g/mol. The first-order chi connectivity index (χ1) is 7.16. The van der Waals surface area contributed by atoms with E-state index in [-0.39, 0.29) is 6.42 Å². The number of aliphatic carboxylic acids is 1. The molecule has 0 bridgehead atoms. The zero-order valence-corrected chi connectivity index (χ0v) is 8.12. The van der Waals surface area contributed by atoms with E-state index in [1.54, 1.807) is 0 Å². The maximum absolute atomic E-state index is 12.2. The zero-order chi connectivity index (χ0) is 12.6. The summed E-state index contributed by atoms with van der Waals surface area (Å²) in [6.45, 7) is -1.65. The SMILES string of the molecule is O=C(O)CCC(=O)N1CC(O)(C(F)(F)F)C1. The molecule has 0 saturated carbocycles. The number of aliphatic hydroxyl groups is 1. The highest BCUT2D eigenvalue weighted by Gasteiger charge is 2.61. The van der Waals surface area contributed by atoms with Crippen molar-refractivity contribution in [1.29, 1.82) is 0 Å². The minimum absolute atomic E-state index is 0.358. The lowest BCUT2D eigenvalue weighted by molar-refractivity contribution is -0.297. The van der Waals surface area contributed by atoms with Crippen molar-refractivity contribution in [3.63, 3.8) is 0 Å². The third-order valence-electron chi connectivity index (χ3n) is 2.34. The summed E-state index contributed by atoms with van der Waals surface area (Å²) in [5.41, 5.74) is -2.84. The molecule has 16 heavy (non-hydrogen) atoms. The molecule has 0 atom stereocenters. The molecule has 1 saturated heterocycles. The minimum Gasteiger partial charge on any atom is -0.481 e. The molecule has 0 aromatic carbocycles. The highest BCUT2D eigenvalue weighted by molar-refractivity contribution is 5.81. The van der Waals surface area contributed by atoms with E-state index in [0.29, 0.717) is 0 Å². The summed E-state index contributed by atoms with van der Waals surface area (Å²) in [4.78, 5) is 22.0. The predicted octanol–water partition coefficient (Wildman–Crippen LogP) is -0.0132. The topological polar surface area (TPSA) is 77.8 Å². The maximum Gasteiger partial charge on any atom is 0.420 e. The lowest BCUT2D eigenvalue weighted by Crippen LogP contribution is -2.70. The van der Waals surface area contributed by atoms with Gasteiger partial charge in [0.2, 0.25) is 5.91 Å². The fraction of sp³-hybridized carbons (Fsp3) is 0.750. The first kappa shape index (κ1) is 12.8. The summed E-state index contributed by atoms with van der Waals surface area (Å²) in [6, 6.07) is 0. The van der Waals surface area contributed by atoms with E-state index in [4.69, 9.17) is 10.2 Å². The molecule has 0 aromatic heterocycles. The van der Waals surface area contributed by atoms with Crippen LogP contribution in [0.5, 0.6) is 0 Å². The highest BCUT2D eigenvalue weighted by Crippen LogP contribution is 2.37. The molecule has 5 nitrogen and oxygen atoms in total. The van der Waals surface area contributed by atoms with E-state index in [0.717, 1.165) is 4.90 Å². The van der Waals surface area contributed by atoms with Gasteiger partial charge in [-0.3, -0.25) is 9.59 Å². The lowest BCUT2D eigenvalue weighted by Gasteiger charge is -2.46. The van der Waals surface area contributed by atoms with Gasteiger partial charge in [-0.2, -0.15) is 13.2 Å². The van der Waals surface area contributed by atoms with Crippen LogP contribution >= 0.6 is 0 Å². The Balaban J connectivity index is 2.41. The van der Waals surface area contributed by atoms with Crippen LogP contribution in [-0.2, 0) is 9.59 Å². The van der Waals surface area contributed by atoms with E-state index in [9.17, 15) is 22.8 Å². The third kappa shape index (κ3) is 2.43. The van der Waals surface area contributed by atoms with Crippen molar-refractivity contribution < 1.29 is 33.0 Å². The molecule has 1 aliphatic heterocycles. The number of rotatable bonds is 3. The first-order valence-electron chi connectivity index (χ1n) is 4.44. The van der Waals surface area contributed by atoms with Gasteiger partial charge in [0, 0.05) is 6.42 Å². The van der Waals surface area contributed by atoms with Gasteiger partial charge < -0.3 is 15.1 Å². The first-order valence-corrected chi connectivity index (χ1v) is 4.44. The normalized spacial score (nSPS) is 19.1. The fourth-order valence-electron chi connectivity index (χ4n) is 1.31. The van der Waals surface area contributed by atoms with E-state index < -0.39 is 43.2 Å². The van der Waals surface area contributed by atoms with Gasteiger partial charge in [-0.1, -0.05) is 0 Å². The number of carbonyl (C=O) groups excluding carboxylic acids is 1. The smallest absolute Gasteiger partial charge is 0.420 e. The second-order valence-corrected chi connectivity index (χ2v) is 3.67. The molecule has 1 amide bonds. The van der Waals surface area contributed by atoms with Crippen LogP contribution in [0.15, 0.2) is 0 Å². The highest BCUT2D eigenvalue weighted by atomic mass is 19.4. The Hall–Kier alpha value is -1.31. The molecule has 92 valence electrons. The van der Waals surface area contributed by atoms with Crippen LogP contribution in [0, 0.1) is 0 Å². The van der Waals surface area contributed by atoms with Crippen LogP contribution in [0.25, 0.3) is 0 Å². The molecule has 1 fully saturated rings. The van der Waals surface area contributed by atoms with Gasteiger partial charge in [-0.25, -0.2) is 0 Å². The van der Waals surface area contributed by atoms with Gasteiger partial charge in [0.25, 0.3) is 0 Å². The summed E-state index contributed by atoms with van der Waals surface area (Å²) in [5, 5.41) is 17.3. The van der Waals surface area contributed by atoms with E-state index in [1.807, 2.05) is 0 Å². The standard InChI is InChI=1S/C8H10F3NO4/c9-8(10,11)7(16)3-12(4-7)5(13)1-2-6(14)15/h16H,1-4H2,(H,14,15). The minimum atomic E-state index is -4.77. The van der Waals surface area contributed by atoms with Crippen molar-refractivity contribution in [2.24, 2.45) is 0 Å². The number of amides is 1. The van der Waals surface area contributed by atoms with Gasteiger partial charge in [-0.05, 0) is 0 Å². The van der Waals surface area contributed by atoms with Crippen LogP contribution in [0.2, 0.25) is 0 Å². The van der Waals surface area contributed by atoms with Crippen molar-refractivity contribution >= 4 is 11.9 Å². The Morgan fingerprint density at radius 1 is 1.25 bits per heavy atom.